The first kappa shape index (κ1) is 21.7. The molecule has 0 amide bonds. The molecular weight excluding hydrogens is 412 g/mol. The van der Waals surface area contributed by atoms with E-state index in [1.807, 2.05) is 0 Å². The van der Waals surface area contributed by atoms with Crippen molar-refractivity contribution < 1.29 is 26.4 Å². The molecule has 0 aliphatic rings. The van der Waals surface area contributed by atoms with Crippen LogP contribution in [0.1, 0.15) is 5.56 Å². The van der Waals surface area contributed by atoms with Gasteiger partial charge in [0.05, 0.1) is 13.7 Å². The Kier molecular flexibility index (Phi) is 6.71. The number of hydrogen-bond acceptors (Lipinski definition) is 9. The maximum Gasteiger partial charge on any atom is 0.323 e. The number of methoxy groups -OCH3 is 1. The molecule has 154 valence electrons. The lowest BCUT2D eigenvalue weighted by atomic mass is 10.1. The normalized spacial score (nSPS) is 13.0. The maximum absolute atomic E-state index is 12.4. The minimum atomic E-state index is -4.21. The van der Waals surface area contributed by atoms with E-state index in [1.54, 1.807) is 24.3 Å². The van der Waals surface area contributed by atoms with Gasteiger partial charge in [0.25, 0.3) is 15.2 Å². The molecule has 0 unspecified atom stereocenters. The van der Waals surface area contributed by atoms with Gasteiger partial charge in [-0.15, -0.1) is 9.19 Å². The Morgan fingerprint density at radius 3 is 2.57 bits per heavy atom. The van der Waals surface area contributed by atoms with Crippen LogP contribution in [0.3, 0.4) is 0 Å². The van der Waals surface area contributed by atoms with Crippen molar-refractivity contribution in [2.24, 2.45) is 5.16 Å². The summed E-state index contributed by atoms with van der Waals surface area (Å²) in [5.74, 6) is 0.554. The number of hydrogen-bond donors (Lipinski definition) is 1. The largest absolute Gasteiger partial charge is 0.497 e. The number of ether oxygens (including phenoxy) is 1. The van der Waals surface area contributed by atoms with Crippen molar-refractivity contribution in [2.45, 2.75) is 5.16 Å². The second-order valence-corrected chi connectivity index (χ2v) is 9.13. The Morgan fingerprint density at radius 2 is 1.96 bits per heavy atom. The Balaban J connectivity index is 2.24. The number of nitrogens with zero attached hydrogens (tertiary/aromatic N) is 5. The summed E-state index contributed by atoms with van der Waals surface area (Å²) < 4.78 is 57.6. The third-order valence-corrected chi connectivity index (χ3v) is 6.19. The van der Waals surface area contributed by atoms with Gasteiger partial charge in [-0.05, 0) is 12.1 Å². The monoisotopic (exact) mass is 432 g/mol. The molecule has 2 rings (SSSR count). The molecule has 0 aliphatic carbocycles. The Labute approximate surface area is 163 Å². The van der Waals surface area contributed by atoms with Gasteiger partial charge in [-0.1, -0.05) is 17.3 Å². The first-order chi connectivity index (χ1) is 13.1. The third kappa shape index (κ3) is 4.83. The number of sulfonamides is 1. The van der Waals surface area contributed by atoms with Gasteiger partial charge in [-0.25, -0.2) is 18.1 Å². The second kappa shape index (κ2) is 8.64. The summed E-state index contributed by atoms with van der Waals surface area (Å²) in [5.41, 5.74) is 0.836. The number of rotatable bonds is 9. The fourth-order valence-electron chi connectivity index (χ4n) is 1.96. The molecule has 0 spiro atoms. The van der Waals surface area contributed by atoms with E-state index < -0.39 is 25.4 Å². The van der Waals surface area contributed by atoms with E-state index >= 15 is 0 Å². The highest BCUT2D eigenvalue weighted by Crippen LogP contribution is 2.14. The number of aromatic nitrogens is 3. The van der Waals surface area contributed by atoms with Crippen molar-refractivity contribution in [3.05, 3.63) is 36.2 Å². The molecule has 12 nitrogen and oxygen atoms in total. The highest BCUT2D eigenvalue weighted by atomic mass is 32.2. The number of nitrogens with one attached hydrogen (secondary N) is 1. The highest BCUT2D eigenvalue weighted by Gasteiger charge is 2.25. The molecule has 1 aromatic carbocycles. The van der Waals surface area contributed by atoms with Crippen LogP contribution in [-0.4, -0.2) is 75.9 Å². The standard InChI is InChI=1S/C14H20N6O6S2/c1-19(2)28(23,24)20-10-15-14(17-20)27(21,22)16-9-13(18-26-4)11-6-5-7-12(8-11)25-3/h5-8,10,16H,9H2,1-4H3/b18-13+. The first-order valence-corrected chi connectivity index (χ1v) is 10.6. The van der Waals surface area contributed by atoms with Crippen molar-refractivity contribution >= 4 is 25.9 Å². The quantitative estimate of drug-likeness (QED) is 0.403. The van der Waals surface area contributed by atoms with Crippen molar-refractivity contribution in [3.63, 3.8) is 0 Å². The molecule has 0 saturated carbocycles. The Morgan fingerprint density at radius 1 is 1.25 bits per heavy atom. The van der Waals surface area contributed by atoms with Crippen LogP contribution in [0.25, 0.3) is 0 Å². The van der Waals surface area contributed by atoms with Gasteiger partial charge in [0.1, 0.15) is 24.9 Å². The van der Waals surface area contributed by atoms with Crippen LogP contribution in [0, 0.1) is 0 Å². The van der Waals surface area contributed by atoms with E-state index in [4.69, 9.17) is 9.57 Å². The topological polar surface area (TPSA) is 145 Å². The lowest BCUT2D eigenvalue weighted by Crippen LogP contribution is -2.32. The third-order valence-electron chi connectivity index (χ3n) is 3.42. The molecule has 1 aromatic heterocycles. The zero-order valence-corrected chi connectivity index (χ0v) is 17.2. The fraction of sp³-hybridized carbons (Fsp3) is 0.357. The molecule has 2 aromatic rings. The van der Waals surface area contributed by atoms with Gasteiger partial charge >= 0.3 is 10.2 Å². The highest BCUT2D eigenvalue weighted by molar-refractivity contribution is 7.89. The average molecular weight is 432 g/mol. The summed E-state index contributed by atoms with van der Waals surface area (Å²) in [6, 6.07) is 6.79. The van der Waals surface area contributed by atoms with Crippen molar-refractivity contribution in [1.82, 2.24) is 23.2 Å². The van der Waals surface area contributed by atoms with Crippen molar-refractivity contribution in [2.75, 3.05) is 34.9 Å². The van der Waals surface area contributed by atoms with Gasteiger partial charge in [0, 0.05) is 19.7 Å². The van der Waals surface area contributed by atoms with Crippen molar-refractivity contribution in [1.29, 1.82) is 0 Å². The Hall–Kier alpha value is -2.55. The molecule has 14 heteroatoms. The Bertz CT molecular complexity index is 1060. The van der Waals surface area contributed by atoms with Crippen LogP contribution in [0.2, 0.25) is 0 Å². The minimum absolute atomic E-state index is 0.252. The number of oxime groups is 1. The zero-order valence-electron chi connectivity index (χ0n) is 15.6. The molecule has 1 heterocycles. The van der Waals surface area contributed by atoms with E-state index in [2.05, 4.69) is 20.0 Å². The van der Waals surface area contributed by atoms with Crippen LogP contribution in [0.5, 0.6) is 5.75 Å². The molecule has 0 fully saturated rings. The van der Waals surface area contributed by atoms with Gasteiger partial charge in [0.2, 0.25) is 0 Å². The summed E-state index contributed by atoms with van der Waals surface area (Å²) in [6.07, 6.45) is 0.802. The molecule has 0 atom stereocenters. The maximum atomic E-state index is 12.4. The van der Waals surface area contributed by atoms with Gasteiger partial charge in [-0.3, -0.25) is 0 Å². The van der Waals surface area contributed by atoms with Gasteiger partial charge in [0.15, 0.2) is 0 Å². The van der Waals surface area contributed by atoms with E-state index in [0.717, 1.165) is 10.6 Å². The summed E-state index contributed by atoms with van der Waals surface area (Å²) in [5, 5.41) is 6.66. The molecule has 0 radical (unpaired) electrons. The molecule has 28 heavy (non-hydrogen) atoms. The van der Waals surface area contributed by atoms with Crippen LogP contribution in [0.4, 0.5) is 0 Å². The second-order valence-electron chi connectivity index (χ2n) is 5.47. The van der Waals surface area contributed by atoms with E-state index in [-0.39, 0.29) is 12.3 Å². The first-order valence-electron chi connectivity index (χ1n) is 7.70. The van der Waals surface area contributed by atoms with Gasteiger partial charge < -0.3 is 9.57 Å². The molecule has 0 bridgehead atoms. The summed E-state index contributed by atoms with van der Waals surface area (Å²) in [6.45, 7) is -0.252. The average Bonchev–Trinajstić information content (AvgIpc) is 3.17. The molecular formula is C14H20N6O6S2. The smallest absolute Gasteiger partial charge is 0.323 e. The van der Waals surface area contributed by atoms with Crippen LogP contribution < -0.4 is 9.46 Å². The molecule has 0 saturated heterocycles. The molecule has 1 N–H and O–H groups in total. The lowest BCUT2D eigenvalue weighted by molar-refractivity contribution is 0.213. The predicted molar refractivity (Wildman–Crippen MR) is 99.8 cm³/mol. The number of benzene rings is 1. The fourth-order valence-corrected chi connectivity index (χ4v) is 3.53. The van der Waals surface area contributed by atoms with Crippen molar-refractivity contribution in [3.8, 4) is 5.75 Å². The SMILES string of the molecule is CO/N=C(\CNS(=O)(=O)c1ncn(S(=O)(=O)N(C)C)n1)c1cccc(OC)c1. The van der Waals surface area contributed by atoms with Crippen LogP contribution >= 0.6 is 0 Å². The summed E-state index contributed by atoms with van der Waals surface area (Å²) in [7, 11) is -2.80. The zero-order chi connectivity index (χ0) is 20.9. The minimum Gasteiger partial charge on any atom is -0.497 e. The van der Waals surface area contributed by atoms with Crippen LogP contribution in [0.15, 0.2) is 40.9 Å². The van der Waals surface area contributed by atoms with E-state index in [0.29, 0.717) is 15.4 Å². The van der Waals surface area contributed by atoms with E-state index in [1.165, 1.54) is 28.3 Å². The lowest BCUT2D eigenvalue weighted by Gasteiger charge is -2.10. The summed E-state index contributed by atoms with van der Waals surface area (Å²) in [4.78, 5) is 8.34. The van der Waals surface area contributed by atoms with Gasteiger partial charge in [-0.2, -0.15) is 12.7 Å². The molecule has 0 aliphatic heterocycles. The van der Waals surface area contributed by atoms with E-state index in [9.17, 15) is 16.8 Å². The predicted octanol–water partition coefficient (Wildman–Crippen LogP) is -0.730. The summed E-state index contributed by atoms with van der Waals surface area (Å²) >= 11 is 0. The van der Waals surface area contributed by atoms with Crippen LogP contribution in [-0.2, 0) is 25.1 Å².